The molecule has 2 aliphatic rings. The third-order valence-corrected chi connectivity index (χ3v) is 5.76. The predicted molar refractivity (Wildman–Crippen MR) is 88.5 cm³/mol. The normalized spacial score (nSPS) is 34.0. The van der Waals surface area contributed by atoms with Gasteiger partial charge in [0.15, 0.2) is 0 Å². The van der Waals surface area contributed by atoms with Gasteiger partial charge in [-0.25, -0.2) is 0 Å². The van der Waals surface area contributed by atoms with Crippen molar-refractivity contribution in [3.05, 3.63) is 0 Å². The molecule has 0 aromatic rings. The van der Waals surface area contributed by atoms with Crippen LogP contribution in [0.15, 0.2) is 0 Å². The van der Waals surface area contributed by atoms with Crippen LogP contribution in [-0.2, 0) is 9.47 Å². The van der Waals surface area contributed by atoms with Crippen molar-refractivity contribution >= 4 is 0 Å². The van der Waals surface area contributed by atoms with Crippen LogP contribution in [0.25, 0.3) is 0 Å². The molecule has 0 heterocycles. The van der Waals surface area contributed by atoms with Gasteiger partial charge in [-0.2, -0.15) is 0 Å². The highest BCUT2D eigenvalue weighted by molar-refractivity contribution is 4.82. The van der Waals surface area contributed by atoms with Crippen LogP contribution in [-0.4, -0.2) is 25.9 Å². The monoisotopic (exact) mass is 296 g/mol. The van der Waals surface area contributed by atoms with E-state index in [1.54, 1.807) is 0 Å². The second-order valence-electron chi connectivity index (χ2n) is 7.17. The van der Waals surface area contributed by atoms with Crippen molar-refractivity contribution in [2.24, 2.45) is 17.8 Å². The number of rotatable bonds is 8. The maximum atomic E-state index is 5.94. The average molecular weight is 296 g/mol. The molecule has 0 unspecified atom stereocenters. The second kappa shape index (κ2) is 9.84. The smallest absolute Gasteiger partial charge is 0.0704 e. The fourth-order valence-electron chi connectivity index (χ4n) is 4.50. The standard InChI is InChI=1S/C19H36O2/c1-3-5-16-6-8-17(9-7-16)18-10-12-19(13-11-18)21-15-14-20-4-2/h16-19H,3-15H2,1-2H3/t16-,17-,18?,19?. The molecule has 0 aromatic carbocycles. The summed E-state index contributed by atoms with van der Waals surface area (Å²) in [5.41, 5.74) is 0. The van der Waals surface area contributed by atoms with Crippen LogP contribution in [0.3, 0.4) is 0 Å². The lowest BCUT2D eigenvalue weighted by molar-refractivity contribution is -0.0207. The minimum absolute atomic E-state index is 0.512. The topological polar surface area (TPSA) is 18.5 Å². The highest BCUT2D eigenvalue weighted by Gasteiger charge is 2.30. The molecule has 0 saturated heterocycles. The Morgan fingerprint density at radius 1 is 0.762 bits per heavy atom. The van der Waals surface area contributed by atoms with Crippen LogP contribution in [0.1, 0.15) is 78.1 Å². The van der Waals surface area contributed by atoms with Gasteiger partial charge in [-0.1, -0.05) is 32.6 Å². The molecule has 0 aliphatic heterocycles. The fraction of sp³-hybridized carbons (Fsp3) is 1.00. The van der Waals surface area contributed by atoms with Crippen molar-refractivity contribution in [3.63, 3.8) is 0 Å². The quantitative estimate of drug-likeness (QED) is 0.573. The predicted octanol–water partition coefficient (Wildman–Crippen LogP) is 5.20. The van der Waals surface area contributed by atoms with Crippen molar-refractivity contribution in [2.45, 2.75) is 84.2 Å². The summed E-state index contributed by atoms with van der Waals surface area (Å²) in [6.07, 6.45) is 14.7. The van der Waals surface area contributed by atoms with E-state index in [0.29, 0.717) is 6.10 Å². The first-order valence-electron chi connectivity index (χ1n) is 9.52. The van der Waals surface area contributed by atoms with Gasteiger partial charge in [0, 0.05) is 6.61 Å². The molecule has 0 radical (unpaired) electrons. The van der Waals surface area contributed by atoms with Gasteiger partial charge >= 0.3 is 0 Å². The van der Waals surface area contributed by atoms with E-state index in [4.69, 9.17) is 9.47 Å². The van der Waals surface area contributed by atoms with Gasteiger partial charge in [-0.05, 0) is 63.2 Å². The molecule has 2 fully saturated rings. The lowest BCUT2D eigenvalue weighted by Gasteiger charge is -2.37. The van der Waals surface area contributed by atoms with Crippen LogP contribution < -0.4 is 0 Å². The first kappa shape index (κ1) is 17.3. The molecule has 2 saturated carbocycles. The van der Waals surface area contributed by atoms with Crippen molar-refractivity contribution in [3.8, 4) is 0 Å². The zero-order valence-corrected chi connectivity index (χ0v) is 14.3. The molecule has 2 nitrogen and oxygen atoms in total. The first-order valence-corrected chi connectivity index (χ1v) is 9.52. The van der Waals surface area contributed by atoms with E-state index in [0.717, 1.165) is 37.6 Å². The van der Waals surface area contributed by atoms with E-state index in [9.17, 15) is 0 Å². The van der Waals surface area contributed by atoms with Crippen LogP contribution in [0, 0.1) is 17.8 Å². The summed E-state index contributed by atoms with van der Waals surface area (Å²) in [5, 5.41) is 0. The number of hydrogen-bond acceptors (Lipinski definition) is 2. The molecule has 21 heavy (non-hydrogen) atoms. The molecule has 124 valence electrons. The van der Waals surface area contributed by atoms with E-state index in [1.807, 2.05) is 6.92 Å². The molecular weight excluding hydrogens is 260 g/mol. The third-order valence-electron chi connectivity index (χ3n) is 5.76. The fourth-order valence-corrected chi connectivity index (χ4v) is 4.50. The average Bonchev–Trinajstić information content (AvgIpc) is 2.53. The molecule has 0 atom stereocenters. The van der Waals surface area contributed by atoms with Crippen molar-refractivity contribution < 1.29 is 9.47 Å². The van der Waals surface area contributed by atoms with Crippen LogP contribution in [0.4, 0.5) is 0 Å². The molecule has 0 spiro atoms. The first-order chi connectivity index (χ1) is 10.3. The van der Waals surface area contributed by atoms with Gasteiger partial charge in [0.25, 0.3) is 0 Å². The van der Waals surface area contributed by atoms with Crippen LogP contribution >= 0.6 is 0 Å². The minimum atomic E-state index is 0.512. The van der Waals surface area contributed by atoms with Crippen LogP contribution in [0.2, 0.25) is 0 Å². The van der Waals surface area contributed by atoms with Crippen LogP contribution in [0.5, 0.6) is 0 Å². The molecule has 0 N–H and O–H groups in total. The summed E-state index contributed by atoms with van der Waals surface area (Å²) >= 11 is 0. The van der Waals surface area contributed by atoms with Gasteiger partial charge in [0.2, 0.25) is 0 Å². The van der Waals surface area contributed by atoms with E-state index < -0.39 is 0 Å². The van der Waals surface area contributed by atoms with Gasteiger partial charge in [0.05, 0.1) is 19.3 Å². The molecule has 0 aromatic heterocycles. The van der Waals surface area contributed by atoms with E-state index in [2.05, 4.69) is 6.92 Å². The summed E-state index contributed by atoms with van der Waals surface area (Å²) in [7, 11) is 0. The van der Waals surface area contributed by atoms with Gasteiger partial charge in [0.1, 0.15) is 0 Å². The number of ether oxygens (including phenoxy) is 2. The lowest BCUT2D eigenvalue weighted by atomic mass is 9.70. The Kier molecular flexibility index (Phi) is 8.10. The Balaban J connectivity index is 1.59. The van der Waals surface area contributed by atoms with Gasteiger partial charge < -0.3 is 9.47 Å². The lowest BCUT2D eigenvalue weighted by Crippen LogP contribution is -2.29. The SMILES string of the molecule is CCC[C@H]1CC[C@H](C2CCC(OCCOCC)CC2)CC1. The van der Waals surface area contributed by atoms with Gasteiger partial charge in [-0.3, -0.25) is 0 Å². The summed E-state index contributed by atoms with van der Waals surface area (Å²) in [6, 6.07) is 0. The molecule has 0 bridgehead atoms. The summed E-state index contributed by atoms with van der Waals surface area (Å²) < 4.78 is 11.3. The van der Waals surface area contributed by atoms with Crippen molar-refractivity contribution in [1.82, 2.24) is 0 Å². The second-order valence-corrected chi connectivity index (χ2v) is 7.17. The maximum Gasteiger partial charge on any atom is 0.0704 e. The van der Waals surface area contributed by atoms with E-state index in [1.165, 1.54) is 64.2 Å². The van der Waals surface area contributed by atoms with Gasteiger partial charge in [-0.15, -0.1) is 0 Å². The Morgan fingerprint density at radius 2 is 1.38 bits per heavy atom. The Bertz CT molecular complexity index is 250. The Labute approximate surface area is 132 Å². The zero-order valence-electron chi connectivity index (χ0n) is 14.3. The third kappa shape index (κ3) is 5.90. The maximum absolute atomic E-state index is 5.94. The van der Waals surface area contributed by atoms with Crippen molar-refractivity contribution in [2.75, 3.05) is 19.8 Å². The van der Waals surface area contributed by atoms with E-state index in [-0.39, 0.29) is 0 Å². The van der Waals surface area contributed by atoms with Crippen molar-refractivity contribution in [1.29, 1.82) is 0 Å². The molecule has 2 rings (SSSR count). The Morgan fingerprint density at radius 3 is 1.95 bits per heavy atom. The summed E-state index contributed by atoms with van der Waals surface area (Å²) in [5.74, 6) is 3.08. The number of hydrogen-bond donors (Lipinski definition) is 0. The summed E-state index contributed by atoms with van der Waals surface area (Å²) in [4.78, 5) is 0. The largest absolute Gasteiger partial charge is 0.379 e. The zero-order chi connectivity index (χ0) is 14.9. The van der Waals surface area contributed by atoms with E-state index >= 15 is 0 Å². The summed E-state index contributed by atoms with van der Waals surface area (Å²) in [6.45, 7) is 6.72. The highest BCUT2D eigenvalue weighted by Crippen LogP contribution is 2.41. The molecular formula is C19H36O2. The molecule has 2 heteroatoms. The Hall–Kier alpha value is -0.0800. The molecule has 2 aliphatic carbocycles. The molecule has 0 amide bonds. The highest BCUT2D eigenvalue weighted by atomic mass is 16.5. The minimum Gasteiger partial charge on any atom is -0.379 e.